The second-order valence-electron chi connectivity index (χ2n) is 13.6. The van der Waals surface area contributed by atoms with Gasteiger partial charge < -0.3 is 5.11 Å². The van der Waals surface area contributed by atoms with Gasteiger partial charge in [-0.25, -0.2) is 0 Å². The lowest BCUT2D eigenvalue weighted by molar-refractivity contribution is -0.164. The number of rotatable bonds is 4. The van der Waals surface area contributed by atoms with Gasteiger partial charge in [0.25, 0.3) is 0 Å². The van der Waals surface area contributed by atoms with Crippen molar-refractivity contribution in [3.63, 3.8) is 0 Å². The molecule has 0 aromatic rings. The summed E-state index contributed by atoms with van der Waals surface area (Å²) in [7, 11) is 0. The third kappa shape index (κ3) is 3.25. The van der Waals surface area contributed by atoms with E-state index in [1.807, 2.05) is 6.08 Å². The first-order valence-electron chi connectivity index (χ1n) is 13.4. The Kier molecular flexibility index (Phi) is 5.93. The van der Waals surface area contributed by atoms with Crippen molar-refractivity contribution in [1.29, 1.82) is 0 Å². The van der Waals surface area contributed by atoms with Crippen LogP contribution in [0.3, 0.4) is 0 Å². The zero-order chi connectivity index (χ0) is 23.7. The number of fused-ring (bicyclic) bond motifs is 5. The van der Waals surface area contributed by atoms with E-state index < -0.39 is 0 Å². The van der Waals surface area contributed by atoms with Crippen molar-refractivity contribution in [3.05, 3.63) is 23.3 Å². The minimum Gasteiger partial charge on any atom is -0.392 e. The van der Waals surface area contributed by atoms with Gasteiger partial charge >= 0.3 is 0 Å². The van der Waals surface area contributed by atoms with Crippen LogP contribution in [0, 0.1) is 45.3 Å². The van der Waals surface area contributed by atoms with Crippen molar-refractivity contribution in [2.75, 3.05) is 0 Å². The minimum absolute atomic E-state index is 0.0347. The van der Waals surface area contributed by atoms with Crippen molar-refractivity contribution in [1.82, 2.24) is 0 Å². The van der Waals surface area contributed by atoms with Gasteiger partial charge in [-0.2, -0.15) is 0 Å². The van der Waals surface area contributed by atoms with Crippen LogP contribution < -0.4 is 0 Å². The molecule has 2 nitrogen and oxygen atoms in total. The number of carbonyl (C=O) groups is 1. The topological polar surface area (TPSA) is 37.3 Å². The van der Waals surface area contributed by atoms with E-state index >= 15 is 0 Å². The van der Waals surface area contributed by atoms with E-state index in [-0.39, 0.29) is 33.7 Å². The molecule has 1 N–H and O–H groups in total. The highest BCUT2D eigenvalue weighted by Gasteiger charge is 2.69. The van der Waals surface area contributed by atoms with E-state index in [2.05, 4.69) is 61.5 Å². The highest BCUT2D eigenvalue weighted by molar-refractivity contribution is 5.95. The molecule has 0 aromatic carbocycles. The first-order chi connectivity index (χ1) is 14.8. The molecular weight excluding hydrogens is 392 g/mol. The lowest BCUT2D eigenvalue weighted by Gasteiger charge is -2.65. The molecule has 3 saturated carbocycles. The van der Waals surface area contributed by atoms with E-state index in [9.17, 15) is 9.90 Å². The molecule has 0 radical (unpaired) electrons. The van der Waals surface area contributed by atoms with Crippen LogP contribution in [0.25, 0.3) is 0 Å². The lowest BCUT2D eigenvalue weighted by atomic mass is 9.39. The van der Waals surface area contributed by atoms with Crippen LogP contribution in [0.15, 0.2) is 23.3 Å². The van der Waals surface area contributed by atoms with Crippen LogP contribution in [-0.4, -0.2) is 17.0 Å². The van der Waals surface area contributed by atoms with Crippen LogP contribution in [0.1, 0.15) is 107 Å². The summed E-state index contributed by atoms with van der Waals surface area (Å²) in [5.74, 6) is 2.36. The molecule has 4 rings (SSSR count). The average Bonchev–Trinajstić information content (AvgIpc) is 2.96. The van der Waals surface area contributed by atoms with Gasteiger partial charge in [0.15, 0.2) is 5.78 Å². The molecule has 0 amide bonds. The van der Waals surface area contributed by atoms with Crippen molar-refractivity contribution in [2.45, 2.75) is 113 Å². The van der Waals surface area contributed by atoms with Gasteiger partial charge in [-0.1, -0.05) is 58.8 Å². The molecule has 32 heavy (non-hydrogen) atoms. The monoisotopic (exact) mass is 440 g/mol. The maximum absolute atomic E-state index is 13.9. The number of carbonyl (C=O) groups excluding carboxylic acids is 1. The molecule has 0 aliphatic heterocycles. The number of aliphatic hydroxyl groups excluding tert-OH is 1. The fourth-order valence-electron chi connectivity index (χ4n) is 9.28. The average molecular weight is 441 g/mol. The smallest absolute Gasteiger partial charge is 0.159 e. The lowest BCUT2D eigenvalue weighted by Crippen LogP contribution is -2.61. The summed E-state index contributed by atoms with van der Waals surface area (Å²) in [5, 5.41) is 10.7. The summed E-state index contributed by atoms with van der Waals surface area (Å²) in [6, 6.07) is 0. The standard InChI is InChI=1S/C30H48O2/c1-19(2)10-9-11-20(3)21-14-15-30(8)26-24(31)18-23-22(12-13-25(32)27(23,4)5)28(26,6)16-17-29(21,30)7/h10,18,20-22,25-26,32H,9,11-17H2,1-8H3. The fraction of sp³-hybridized carbons (Fsp3) is 0.833. The number of hydrogen-bond donors (Lipinski definition) is 1. The van der Waals surface area contributed by atoms with Crippen molar-refractivity contribution < 1.29 is 9.90 Å². The molecule has 4 aliphatic carbocycles. The second-order valence-corrected chi connectivity index (χ2v) is 13.6. The van der Waals surface area contributed by atoms with Gasteiger partial charge in [-0.05, 0) is 105 Å². The van der Waals surface area contributed by atoms with Gasteiger partial charge in [-0.3, -0.25) is 4.79 Å². The fourth-order valence-corrected chi connectivity index (χ4v) is 9.28. The Labute approximate surface area is 197 Å². The number of allylic oxidation sites excluding steroid dienone is 3. The molecule has 0 bridgehead atoms. The summed E-state index contributed by atoms with van der Waals surface area (Å²) < 4.78 is 0. The SMILES string of the molecule is CC(C)=CCCC(C)C1CCC2(C)C3C(=O)C=C4C(CCC(O)C4(C)C)C3(C)CCC12C. The number of ketones is 1. The van der Waals surface area contributed by atoms with E-state index in [1.165, 1.54) is 43.3 Å². The molecule has 0 heterocycles. The quantitative estimate of drug-likeness (QED) is 0.459. The minimum atomic E-state index is -0.333. The first-order valence-corrected chi connectivity index (χ1v) is 13.4. The second kappa shape index (κ2) is 7.82. The number of aliphatic hydroxyl groups is 1. The summed E-state index contributed by atoms with van der Waals surface area (Å²) >= 11 is 0. The Balaban J connectivity index is 1.68. The highest BCUT2D eigenvalue weighted by atomic mass is 16.3. The van der Waals surface area contributed by atoms with Crippen LogP contribution >= 0.6 is 0 Å². The van der Waals surface area contributed by atoms with E-state index in [1.54, 1.807) is 0 Å². The zero-order valence-corrected chi connectivity index (χ0v) is 22.1. The molecule has 8 unspecified atom stereocenters. The third-order valence-electron chi connectivity index (χ3n) is 11.5. The third-order valence-corrected chi connectivity index (χ3v) is 11.5. The summed E-state index contributed by atoms with van der Waals surface area (Å²) in [5.41, 5.74) is 2.74. The van der Waals surface area contributed by atoms with Gasteiger partial charge in [0, 0.05) is 11.3 Å². The first kappa shape index (κ1) is 24.2. The predicted molar refractivity (Wildman–Crippen MR) is 133 cm³/mol. The van der Waals surface area contributed by atoms with E-state index in [4.69, 9.17) is 0 Å². The molecule has 180 valence electrons. The Bertz CT molecular complexity index is 830. The van der Waals surface area contributed by atoms with E-state index in [0.717, 1.165) is 19.3 Å². The molecule has 2 heteroatoms. The molecule has 0 saturated heterocycles. The normalized spacial score (nSPS) is 45.9. The Morgan fingerprint density at radius 3 is 2.41 bits per heavy atom. The van der Waals surface area contributed by atoms with E-state index in [0.29, 0.717) is 23.5 Å². The van der Waals surface area contributed by atoms with Crippen LogP contribution in [0.4, 0.5) is 0 Å². The van der Waals surface area contributed by atoms with Gasteiger partial charge in [0.1, 0.15) is 0 Å². The van der Waals surface area contributed by atoms with Gasteiger partial charge in [0.2, 0.25) is 0 Å². The number of hydrogen-bond acceptors (Lipinski definition) is 2. The van der Waals surface area contributed by atoms with Gasteiger partial charge in [-0.15, -0.1) is 0 Å². The Morgan fingerprint density at radius 1 is 1.06 bits per heavy atom. The molecule has 4 aliphatic rings. The van der Waals surface area contributed by atoms with Crippen LogP contribution in [-0.2, 0) is 4.79 Å². The highest BCUT2D eigenvalue weighted by Crippen LogP contribution is 2.74. The summed E-state index contributed by atoms with van der Waals surface area (Å²) in [4.78, 5) is 13.9. The summed E-state index contributed by atoms with van der Waals surface area (Å²) in [6.45, 7) is 18.6. The van der Waals surface area contributed by atoms with Crippen LogP contribution in [0.2, 0.25) is 0 Å². The predicted octanol–water partition coefficient (Wildman–Crippen LogP) is 7.51. The van der Waals surface area contributed by atoms with Crippen LogP contribution in [0.5, 0.6) is 0 Å². The molecule has 8 atom stereocenters. The van der Waals surface area contributed by atoms with Crippen molar-refractivity contribution in [2.24, 2.45) is 45.3 Å². The largest absolute Gasteiger partial charge is 0.392 e. The maximum atomic E-state index is 13.9. The van der Waals surface area contributed by atoms with Crippen molar-refractivity contribution in [3.8, 4) is 0 Å². The maximum Gasteiger partial charge on any atom is 0.159 e. The Hall–Kier alpha value is -0.890. The molecule has 3 fully saturated rings. The Morgan fingerprint density at radius 2 is 1.75 bits per heavy atom. The van der Waals surface area contributed by atoms with Crippen molar-refractivity contribution >= 4 is 5.78 Å². The molecule has 0 aromatic heterocycles. The van der Waals surface area contributed by atoms with Gasteiger partial charge in [0.05, 0.1) is 6.10 Å². The molecule has 0 spiro atoms. The summed E-state index contributed by atoms with van der Waals surface area (Å²) in [6.07, 6.45) is 13.3. The molecular formula is C30H48O2. The zero-order valence-electron chi connectivity index (χ0n) is 22.1.